The first-order valence-electron chi connectivity index (χ1n) is 12.4. The zero-order chi connectivity index (χ0) is 21.9. The Balaban J connectivity index is 1.59. The van der Waals surface area contributed by atoms with Gasteiger partial charge in [0.1, 0.15) is 6.10 Å². The summed E-state index contributed by atoms with van der Waals surface area (Å²) in [5, 5.41) is 22.9. The molecule has 1 saturated heterocycles. The second kappa shape index (κ2) is 6.25. The number of aliphatic hydroxyl groups excluding tert-OH is 2. The molecule has 30 heavy (non-hydrogen) atoms. The van der Waals surface area contributed by atoms with Crippen LogP contribution in [0.5, 0.6) is 0 Å². The van der Waals surface area contributed by atoms with Crippen molar-refractivity contribution in [3.8, 4) is 0 Å². The fourth-order valence-electron chi connectivity index (χ4n) is 10.4. The lowest BCUT2D eigenvalue weighted by molar-refractivity contribution is -0.257. The number of carbonyl (C=O) groups is 1. The van der Waals surface area contributed by atoms with Crippen molar-refractivity contribution in [1.29, 1.82) is 0 Å². The van der Waals surface area contributed by atoms with E-state index in [2.05, 4.69) is 34.6 Å². The van der Waals surface area contributed by atoms with Gasteiger partial charge in [-0.3, -0.25) is 4.79 Å². The number of cyclic esters (lactones) is 1. The first-order valence-corrected chi connectivity index (χ1v) is 12.4. The van der Waals surface area contributed by atoms with Crippen LogP contribution in [0.1, 0.15) is 86.5 Å². The van der Waals surface area contributed by atoms with Gasteiger partial charge in [0.05, 0.1) is 18.1 Å². The summed E-state index contributed by atoms with van der Waals surface area (Å²) in [4.78, 5) is 13.0. The van der Waals surface area contributed by atoms with E-state index in [1.807, 2.05) is 6.92 Å². The van der Waals surface area contributed by atoms with Crippen LogP contribution in [0.4, 0.5) is 0 Å². The molecule has 5 aliphatic rings. The average Bonchev–Trinajstić information content (AvgIpc) is 2.95. The van der Waals surface area contributed by atoms with Crippen molar-refractivity contribution >= 4 is 5.97 Å². The Hall–Kier alpha value is -0.610. The van der Waals surface area contributed by atoms with Gasteiger partial charge in [0.25, 0.3) is 0 Å². The quantitative estimate of drug-likeness (QED) is 0.566. The largest absolute Gasteiger partial charge is 0.462 e. The summed E-state index contributed by atoms with van der Waals surface area (Å²) in [6.45, 7) is 13.9. The average molecular weight is 419 g/mol. The van der Waals surface area contributed by atoms with Crippen molar-refractivity contribution in [3.05, 3.63) is 0 Å². The topological polar surface area (TPSA) is 66.8 Å². The third-order valence-electron chi connectivity index (χ3n) is 11.6. The molecule has 0 spiro atoms. The van der Waals surface area contributed by atoms with Gasteiger partial charge >= 0.3 is 5.97 Å². The maximum Gasteiger partial charge on any atom is 0.310 e. The minimum atomic E-state index is -0.523. The predicted molar refractivity (Wildman–Crippen MR) is 115 cm³/mol. The van der Waals surface area contributed by atoms with Gasteiger partial charge in [-0.15, -0.1) is 0 Å². The third-order valence-corrected chi connectivity index (χ3v) is 11.6. The molecule has 4 nitrogen and oxygen atoms in total. The number of aliphatic hydroxyl groups is 2. The van der Waals surface area contributed by atoms with E-state index < -0.39 is 17.6 Å². The maximum absolute atomic E-state index is 13.0. The van der Waals surface area contributed by atoms with Crippen LogP contribution in [0, 0.1) is 51.2 Å². The van der Waals surface area contributed by atoms with Crippen LogP contribution in [0.15, 0.2) is 0 Å². The minimum Gasteiger partial charge on any atom is -0.462 e. The number of fused-ring (bicyclic) bond motifs is 7. The molecule has 11 atom stereocenters. The zero-order valence-corrected chi connectivity index (χ0v) is 19.8. The van der Waals surface area contributed by atoms with Crippen molar-refractivity contribution in [2.24, 2.45) is 51.2 Å². The van der Waals surface area contributed by atoms with E-state index in [-0.39, 0.29) is 40.7 Å². The van der Waals surface area contributed by atoms with Gasteiger partial charge in [0.15, 0.2) is 0 Å². The first kappa shape index (κ1) is 21.2. The van der Waals surface area contributed by atoms with Crippen LogP contribution in [-0.4, -0.2) is 34.5 Å². The second-order valence-corrected chi connectivity index (χ2v) is 13.2. The van der Waals surface area contributed by atoms with E-state index in [0.29, 0.717) is 23.7 Å². The number of ether oxygens (including phenoxy) is 1. The van der Waals surface area contributed by atoms with Crippen molar-refractivity contribution in [2.75, 3.05) is 0 Å². The molecule has 2 N–H and O–H groups in total. The highest BCUT2D eigenvalue weighted by Crippen LogP contribution is 2.74. The lowest BCUT2D eigenvalue weighted by atomic mass is 9.34. The highest BCUT2D eigenvalue weighted by molar-refractivity contribution is 5.77. The van der Waals surface area contributed by atoms with Gasteiger partial charge in [-0.1, -0.05) is 41.0 Å². The molecule has 0 amide bonds. The Morgan fingerprint density at radius 3 is 2.27 bits per heavy atom. The highest BCUT2D eigenvalue weighted by Gasteiger charge is 2.72. The summed E-state index contributed by atoms with van der Waals surface area (Å²) in [6.07, 6.45) is 6.35. The number of carbonyl (C=O) groups excluding carboxylic acids is 1. The fraction of sp³-hybridized carbons (Fsp3) is 0.962. The molecule has 0 radical (unpaired) electrons. The summed E-state index contributed by atoms with van der Waals surface area (Å²) in [7, 11) is 0. The van der Waals surface area contributed by atoms with Gasteiger partial charge in [-0.05, 0) is 79.4 Å². The summed E-state index contributed by atoms with van der Waals surface area (Å²) in [5.74, 6) is 0.506. The molecule has 0 aromatic heterocycles. The van der Waals surface area contributed by atoms with Crippen molar-refractivity contribution in [2.45, 2.75) is 105 Å². The molecule has 0 aromatic rings. The molecule has 5 fully saturated rings. The molecular formula is C26H42O4. The standard InChI is InChI=1S/C26H42O4/c1-14-20-15(27)12-18-25(5)11-8-16-23(2,3)9-7-10-24(16,4)17(25)13-19(28)26(18,6)21(20)22(29)30-14/h14-21,27-28H,7-13H2,1-6H3/t14?,15-,16?,17?,18?,19+,20+,21+,24-,25+,26+/m0/s1. The van der Waals surface area contributed by atoms with Crippen molar-refractivity contribution in [3.63, 3.8) is 0 Å². The number of esters is 1. The second-order valence-electron chi connectivity index (χ2n) is 13.2. The number of hydrogen-bond acceptors (Lipinski definition) is 4. The molecule has 4 aliphatic carbocycles. The number of hydrogen-bond donors (Lipinski definition) is 2. The molecule has 0 aromatic carbocycles. The molecule has 1 heterocycles. The van der Waals surface area contributed by atoms with E-state index in [0.717, 1.165) is 12.8 Å². The van der Waals surface area contributed by atoms with E-state index >= 15 is 0 Å². The molecular weight excluding hydrogens is 376 g/mol. The van der Waals surface area contributed by atoms with Gasteiger partial charge in [-0.2, -0.15) is 0 Å². The Morgan fingerprint density at radius 1 is 0.900 bits per heavy atom. The van der Waals surface area contributed by atoms with Crippen LogP contribution in [0.25, 0.3) is 0 Å². The third kappa shape index (κ3) is 2.39. The molecule has 1 aliphatic heterocycles. The molecule has 0 bridgehead atoms. The van der Waals surface area contributed by atoms with Crippen LogP contribution in [0.2, 0.25) is 0 Å². The molecule has 4 saturated carbocycles. The predicted octanol–water partition coefficient (Wildman–Crippen LogP) is 4.56. The van der Waals surface area contributed by atoms with Crippen LogP contribution in [0.3, 0.4) is 0 Å². The van der Waals surface area contributed by atoms with Crippen LogP contribution < -0.4 is 0 Å². The van der Waals surface area contributed by atoms with E-state index in [4.69, 9.17) is 4.74 Å². The molecule has 170 valence electrons. The number of rotatable bonds is 0. The Kier molecular flexibility index (Phi) is 4.42. The summed E-state index contributed by atoms with van der Waals surface area (Å²) in [6, 6.07) is 0. The normalized spacial score (nSPS) is 59.4. The van der Waals surface area contributed by atoms with Crippen LogP contribution in [-0.2, 0) is 9.53 Å². The van der Waals surface area contributed by atoms with E-state index in [1.165, 1.54) is 25.7 Å². The minimum absolute atomic E-state index is 0.0463. The van der Waals surface area contributed by atoms with E-state index in [1.54, 1.807) is 0 Å². The lowest BCUT2D eigenvalue weighted by Crippen LogP contribution is -2.69. The Labute approximate surface area is 182 Å². The first-order chi connectivity index (χ1) is 13.9. The summed E-state index contributed by atoms with van der Waals surface area (Å²) >= 11 is 0. The fourth-order valence-corrected chi connectivity index (χ4v) is 10.4. The molecule has 4 unspecified atom stereocenters. The van der Waals surface area contributed by atoms with Crippen molar-refractivity contribution in [1.82, 2.24) is 0 Å². The molecule has 4 heteroatoms. The summed E-state index contributed by atoms with van der Waals surface area (Å²) < 4.78 is 5.63. The van der Waals surface area contributed by atoms with E-state index in [9.17, 15) is 15.0 Å². The van der Waals surface area contributed by atoms with Crippen molar-refractivity contribution < 1.29 is 19.7 Å². The highest BCUT2D eigenvalue weighted by atomic mass is 16.6. The smallest absolute Gasteiger partial charge is 0.310 e. The maximum atomic E-state index is 13.0. The zero-order valence-electron chi connectivity index (χ0n) is 19.8. The SMILES string of the molecule is CC1OC(=O)[C@H]2[C@H]1[C@@H](O)CC1[C@]3(C)CCC4C(C)(C)CCC[C@]4(C)C3C[C@@H](O)[C@@]12C. The van der Waals surface area contributed by atoms with Gasteiger partial charge in [-0.25, -0.2) is 0 Å². The Morgan fingerprint density at radius 2 is 1.57 bits per heavy atom. The van der Waals surface area contributed by atoms with Gasteiger partial charge in [0.2, 0.25) is 0 Å². The van der Waals surface area contributed by atoms with Gasteiger partial charge < -0.3 is 14.9 Å². The molecule has 5 rings (SSSR count). The Bertz CT molecular complexity index is 747. The summed E-state index contributed by atoms with van der Waals surface area (Å²) in [5.41, 5.74) is 0.110. The lowest BCUT2D eigenvalue weighted by Gasteiger charge is -2.71. The monoisotopic (exact) mass is 418 g/mol. The van der Waals surface area contributed by atoms with Gasteiger partial charge in [0, 0.05) is 11.3 Å². The van der Waals surface area contributed by atoms with Crippen LogP contribution >= 0.6 is 0 Å².